The molecule has 0 saturated heterocycles. The van der Waals surface area contributed by atoms with Gasteiger partial charge < -0.3 is 14.8 Å². The summed E-state index contributed by atoms with van der Waals surface area (Å²) in [5, 5.41) is 20.8. The van der Waals surface area contributed by atoms with Gasteiger partial charge in [-0.05, 0) is 30.7 Å². The van der Waals surface area contributed by atoms with Gasteiger partial charge in [0.05, 0.1) is 23.5 Å². The fourth-order valence-electron chi connectivity index (χ4n) is 3.17. The normalized spacial score (nSPS) is 11.9. The zero-order valence-corrected chi connectivity index (χ0v) is 14.6. The van der Waals surface area contributed by atoms with Crippen LogP contribution in [0.15, 0.2) is 42.6 Å². The number of rotatable bonds is 6. The van der Waals surface area contributed by atoms with Crippen molar-refractivity contribution in [3.8, 4) is 5.75 Å². The van der Waals surface area contributed by atoms with E-state index in [-0.39, 0.29) is 22.8 Å². The first-order chi connectivity index (χ1) is 12.8. The Balaban J connectivity index is 2.22. The molecule has 2 aromatic carbocycles. The van der Waals surface area contributed by atoms with Crippen molar-refractivity contribution in [2.75, 3.05) is 7.11 Å². The van der Waals surface area contributed by atoms with Crippen molar-refractivity contribution in [1.29, 1.82) is 0 Å². The van der Waals surface area contributed by atoms with E-state index in [2.05, 4.69) is 4.98 Å². The third-order valence-electron chi connectivity index (χ3n) is 4.42. The number of aromatic nitrogens is 1. The molecule has 0 spiro atoms. The van der Waals surface area contributed by atoms with Gasteiger partial charge in [0.1, 0.15) is 11.5 Å². The van der Waals surface area contributed by atoms with Crippen molar-refractivity contribution >= 4 is 28.3 Å². The summed E-state index contributed by atoms with van der Waals surface area (Å²) in [5.41, 5.74) is 1.65. The quantitative estimate of drug-likeness (QED) is 0.507. The number of fused-ring (bicyclic) bond motifs is 1. The Labute approximate surface area is 153 Å². The molecule has 27 heavy (non-hydrogen) atoms. The minimum absolute atomic E-state index is 0.0347. The number of ketones is 1. The summed E-state index contributed by atoms with van der Waals surface area (Å²) in [6, 6.07) is 8.66. The molecule has 0 fully saturated rings. The smallest absolute Gasteiger partial charge is 0.335 e. The Morgan fingerprint density at radius 3 is 2.52 bits per heavy atom. The van der Waals surface area contributed by atoms with Crippen LogP contribution in [0.1, 0.15) is 34.3 Å². The van der Waals surface area contributed by atoms with Crippen molar-refractivity contribution in [2.45, 2.75) is 12.8 Å². The number of nitrogens with one attached hydrogen (secondary N) is 1. The highest BCUT2D eigenvalue weighted by molar-refractivity contribution is 5.96. The van der Waals surface area contributed by atoms with Crippen molar-refractivity contribution < 1.29 is 24.4 Å². The van der Waals surface area contributed by atoms with Crippen LogP contribution in [0.25, 0.3) is 10.9 Å². The SMILES string of the molecule is COc1cc(C(=O)O)ccc1C(C(C)=O)c1c[nH]c2ccc([N+](=O)[O-])cc12. The van der Waals surface area contributed by atoms with Crippen molar-refractivity contribution in [1.82, 2.24) is 4.98 Å². The summed E-state index contributed by atoms with van der Waals surface area (Å²) in [6.45, 7) is 1.41. The number of aromatic amines is 1. The standard InChI is InChI=1S/C19H16N2O6/c1-10(22)18(13-5-3-11(19(23)24)7-17(13)27-2)15-9-20-16-6-4-12(21(25)26)8-14(15)16/h3-9,18,20H,1-2H3,(H,23,24). The van der Waals surface area contributed by atoms with E-state index >= 15 is 0 Å². The molecule has 3 rings (SSSR count). The third-order valence-corrected chi connectivity index (χ3v) is 4.42. The topological polar surface area (TPSA) is 123 Å². The minimum atomic E-state index is -1.11. The number of carbonyl (C=O) groups is 2. The van der Waals surface area contributed by atoms with Gasteiger partial charge in [0.15, 0.2) is 0 Å². The van der Waals surface area contributed by atoms with Crippen LogP contribution in [-0.2, 0) is 4.79 Å². The summed E-state index contributed by atoms with van der Waals surface area (Å²) < 4.78 is 5.31. The van der Waals surface area contributed by atoms with Gasteiger partial charge in [0.25, 0.3) is 5.69 Å². The summed E-state index contributed by atoms with van der Waals surface area (Å²) in [6.07, 6.45) is 1.63. The monoisotopic (exact) mass is 368 g/mol. The molecule has 1 aromatic heterocycles. The first-order valence-corrected chi connectivity index (χ1v) is 8.00. The Bertz CT molecular complexity index is 1070. The van der Waals surface area contributed by atoms with Crippen LogP contribution in [0.2, 0.25) is 0 Å². The Morgan fingerprint density at radius 2 is 1.93 bits per heavy atom. The number of nitro groups is 1. The maximum atomic E-state index is 12.5. The van der Waals surface area contributed by atoms with Crippen LogP contribution in [0.3, 0.4) is 0 Å². The number of nitro benzene ring substituents is 1. The number of benzene rings is 2. The average Bonchev–Trinajstić information content (AvgIpc) is 3.04. The van der Waals surface area contributed by atoms with Crippen LogP contribution in [0.4, 0.5) is 5.69 Å². The maximum absolute atomic E-state index is 12.5. The highest BCUT2D eigenvalue weighted by Crippen LogP contribution is 2.37. The van der Waals surface area contributed by atoms with Crippen LogP contribution in [0.5, 0.6) is 5.75 Å². The average molecular weight is 368 g/mol. The number of ether oxygens (including phenoxy) is 1. The lowest BCUT2D eigenvalue weighted by Gasteiger charge is -2.18. The largest absolute Gasteiger partial charge is 0.496 e. The van der Waals surface area contributed by atoms with E-state index in [4.69, 9.17) is 9.84 Å². The third kappa shape index (κ3) is 3.24. The number of non-ortho nitro benzene ring substituents is 1. The molecule has 2 N–H and O–H groups in total. The van der Waals surface area contributed by atoms with Crippen LogP contribution in [0, 0.1) is 10.1 Å². The van der Waals surface area contributed by atoms with Gasteiger partial charge in [-0.1, -0.05) is 6.07 Å². The molecule has 0 bridgehead atoms. The summed E-state index contributed by atoms with van der Waals surface area (Å²) in [4.78, 5) is 37.3. The number of carboxylic acid groups (broad SMARTS) is 1. The Hall–Kier alpha value is -3.68. The second-order valence-corrected chi connectivity index (χ2v) is 6.04. The van der Waals surface area contributed by atoms with E-state index < -0.39 is 16.8 Å². The van der Waals surface area contributed by atoms with Gasteiger partial charge in [-0.15, -0.1) is 0 Å². The predicted molar refractivity (Wildman–Crippen MR) is 97.4 cm³/mol. The van der Waals surface area contributed by atoms with E-state index in [9.17, 15) is 19.7 Å². The summed E-state index contributed by atoms with van der Waals surface area (Å²) in [5.74, 6) is -1.82. The molecule has 0 radical (unpaired) electrons. The predicted octanol–water partition coefficient (Wildman–Crippen LogP) is 3.50. The second kappa shape index (κ2) is 6.91. The molecule has 0 amide bonds. The van der Waals surface area contributed by atoms with Crippen LogP contribution < -0.4 is 4.74 Å². The molecular weight excluding hydrogens is 352 g/mol. The lowest BCUT2D eigenvalue weighted by molar-refractivity contribution is -0.384. The fourth-order valence-corrected chi connectivity index (χ4v) is 3.17. The Morgan fingerprint density at radius 1 is 1.19 bits per heavy atom. The number of Topliss-reactive ketones (excluding diaryl/α,β-unsaturated/α-hetero) is 1. The second-order valence-electron chi connectivity index (χ2n) is 6.04. The number of hydrogen-bond donors (Lipinski definition) is 2. The number of carbonyl (C=O) groups excluding carboxylic acids is 1. The van der Waals surface area contributed by atoms with Gasteiger partial charge in [0.2, 0.25) is 0 Å². The zero-order chi connectivity index (χ0) is 19.7. The van der Waals surface area contributed by atoms with E-state index in [1.807, 2.05) is 0 Å². The highest BCUT2D eigenvalue weighted by Gasteiger charge is 2.27. The molecule has 3 aromatic rings. The van der Waals surface area contributed by atoms with Crippen molar-refractivity contribution in [3.05, 3.63) is 69.4 Å². The van der Waals surface area contributed by atoms with Gasteiger partial charge in [-0.25, -0.2) is 4.79 Å². The molecule has 0 aliphatic carbocycles. The van der Waals surface area contributed by atoms with Crippen molar-refractivity contribution in [2.24, 2.45) is 0 Å². The van der Waals surface area contributed by atoms with E-state index in [1.54, 1.807) is 12.3 Å². The fraction of sp³-hybridized carbons (Fsp3) is 0.158. The number of carboxylic acids is 1. The number of methoxy groups -OCH3 is 1. The van der Waals surface area contributed by atoms with Gasteiger partial charge in [-0.3, -0.25) is 14.9 Å². The molecule has 0 aliphatic heterocycles. The molecular formula is C19H16N2O6. The van der Waals surface area contributed by atoms with E-state index in [0.29, 0.717) is 22.0 Å². The minimum Gasteiger partial charge on any atom is -0.496 e. The maximum Gasteiger partial charge on any atom is 0.335 e. The molecule has 0 saturated carbocycles. The first kappa shape index (κ1) is 18.1. The van der Waals surface area contributed by atoms with E-state index in [0.717, 1.165) is 0 Å². The Kier molecular flexibility index (Phi) is 4.64. The number of H-pyrrole nitrogens is 1. The number of nitrogens with zero attached hydrogens (tertiary/aromatic N) is 1. The number of hydrogen-bond acceptors (Lipinski definition) is 5. The molecule has 0 aliphatic rings. The van der Waals surface area contributed by atoms with Gasteiger partial charge in [-0.2, -0.15) is 0 Å². The molecule has 1 heterocycles. The number of aromatic carboxylic acids is 1. The van der Waals surface area contributed by atoms with Crippen LogP contribution >= 0.6 is 0 Å². The lowest BCUT2D eigenvalue weighted by atomic mass is 9.87. The van der Waals surface area contributed by atoms with Crippen molar-refractivity contribution in [3.63, 3.8) is 0 Å². The summed E-state index contributed by atoms with van der Waals surface area (Å²) >= 11 is 0. The van der Waals surface area contributed by atoms with E-state index in [1.165, 1.54) is 44.4 Å². The van der Waals surface area contributed by atoms with Gasteiger partial charge >= 0.3 is 5.97 Å². The molecule has 8 heteroatoms. The lowest BCUT2D eigenvalue weighted by Crippen LogP contribution is -2.12. The first-order valence-electron chi connectivity index (χ1n) is 8.00. The molecule has 1 atom stereocenters. The highest BCUT2D eigenvalue weighted by atomic mass is 16.6. The van der Waals surface area contributed by atoms with Crippen LogP contribution in [-0.4, -0.2) is 33.9 Å². The summed E-state index contributed by atoms with van der Waals surface area (Å²) in [7, 11) is 1.39. The van der Waals surface area contributed by atoms with Gasteiger partial charge in [0, 0.05) is 34.8 Å². The molecule has 8 nitrogen and oxygen atoms in total. The molecule has 1 unspecified atom stereocenters. The molecule has 138 valence electrons. The zero-order valence-electron chi connectivity index (χ0n) is 14.6.